The summed E-state index contributed by atoms with van der Waals surface area (Å²) in [4.78, 5) is 15.7. The van der Waals surface area contributed by atoms with E-state index in [2.05, 4.69) is 10.3 Å². The van der Waals surface area contributed by atoms with Crippen molar-refractivity contribution in [1.29, 1.82) is 0 Å². The SMILES string of the molecule is Nc1ccc(C(=O)NCC2CCCC2)nc1. The van der Waals surface area contributed by atoms with E-state index in [1.807, 2.05) is 0 Å². The second kappa shape index (κ2) is 4.96. The Bertz CT molecular complexity index is 355. The lowest BCUT2D eigenvalue weighted by Crippen LogP contribution is -2.28. The van der Waals surface area contributed by atoms with E-state index in [0.29, 0.717) is 17.3 Å². The number of rotatable bonds is 3. The zero-order valence-electron chi connectivity index (χ0n) is 9.28. The number of nitrogens with zero attached hydrogens (tertiary/aromatic N) is 1. The van der Waals surface area contributed by atoms with E-state index in [0.717, 1.165) is 6.54 Å². The summed E-state index contributed by atoms with van der Waals surface area (Å²) in [5, 5.41) is 2.92. The number of hydrogen-bond acceptors (Lipinski definition) is 3. The third-order valence-corrected chi connectivity index (χ3v) is 3.05. The Balaban J connectivity index is 1.85. The maximum absolute atomic E-state index is 11.7. The van der Waals surface area contributed by atoms with E-state index < -0.39 is 0 Å². The second-order valence-corrected chi connectivity index (χ2v) is 4.34. The van der Waals surface area contributed by atoms with Gasteiger partial charge < -0.3 is 11.1 Å². The normalized spacial score (nSPS) is 16.2. The van der Waals surface area contributed by atoms with Gasteiger partial charge in [0.2, 0.25) is 0 Å². The van der Waals surface area contributed by atoms with E-state index in [9.17, 15) is 4.79 Å². The molecule has 1 aliphatic carbocycles. The van der Waals surface area contributed by atoms with Crippen LogP contribution in [-0.4, -0.2) is 17.4 Å². The van der Waals surface area contributed by atoms with Gasteiger partial charge in [-0.2, -0.15) is 0 Å². The summed E-state index contributed by atoms with van der Waals surface area (Å²) in [6, 6.07) is 3.34. The lowest BCUT2D eigenvalue weighted by Gasteiger charge is -2.10. The number of carbonyl (C=O) groups is 1. The molecule has 4 nitrogen and oxygen atoms in total. The monoisotopic (exact) mass is 219 g/mol. The lowest BCUT2D eigenvalue weighted by atomic mass is 10.1. The van der Waals surface area contributed by atoms with Crippen LogP contribution in [0, 0.1) is 5.92 Å². The molecule has 16 heavy (non-hydrogen) atoms. The fraction of sp³-hybridized carbons (Fsp3) is 0.500. The maximum atomic E-state index is 11.7. The van der Waals surface area contributed by atoms with Crippen LogP contribution in [0.15, 0.2) is 18.3 Å². The van der Waals surface area contributed by atoms with Crippen LogP contribution in [0.25, 0.3) is 0 Å². The Kier molecular flexibility index (Phi) is 3.39. The van der Waals surface area contributed by atoms with Gasteiger partial charge in [0.25, 0.3) is 5.91 Å². The minimum Gasteiger partial charge on any atom is -0.397 e. The maximum Gasteiger partial charge on any atom is 0.269 e. The molecule has 0 aromatic carbocycles. The van der Waals surface area contributed by atoms with Crippen LogP contribution in [-0.2, 0) is 0 Å². The third-order valence-electron chi connectivity index (χ3n) is 3.05. The first-order valence-corrected chi connectivity index (χ1v) is 5.75. The van der Waals surface area contributed by atoms with Crippen molar-refractivity contribution >= 4 is 11.6 Å². The first kappa shape index (κ1) is 10.9. The molecule has 0 spiro atoms. The van der Waals surface area contributed by atoms with Crippen LogP contribution in [0.3, 0.4) is 0 Å². The molecule has 1 aromatic rings. The lowest BCUT2D eigenvalue weighted by molar-refractivity contribution is 0.0942. The minimum absolute atomic E-state index is 0.105. The largest absolute Gasteiger partial charge is 0.397 e. The van der Waals surface area contributed by atoms with Crippen molar-refractivity contribution in [3.05, 3.63) is 24.0 Å². The molecule has 3 N–H and O–H groups in total. The summed E-state index contributed by atoms with van der Waals surface area (Å²) in [7, 11) is 0. The van der Waals surface area contributed by atoms with Crippen LogP contribution in [0.4, 0.5) is 5.69 Å². The van der Waals surface area contributed by atoms with Crippen LogP contribution < -0.4 is 11.1 Å². The topological polar surface area (TPSA) is 68.0 Å². The molecule has 1 aromatic heterocycles. The number of nitrogens with two attached hydrogens (primary N) is 1. The zero-order valence-corrected chi connectivity index (χ0v) is 9.28. The number of nitrogen functional groups attached to an aromatic ring is 1. The summed E-state index contributed by atoms with van der Waals surface area (Å²) < 4.78 is 0. The molecule has 1 aliphatic rings. The highest BCUT2D eigenvalue weighted by Gasteiger charge is 2.16. The number of aromatic nitrogens is 1. The molecule has 0 bridgehead atoms. The Morgan fingerprint density at radius 3 is 2.81 bits per heavy atom. The smallest absolute Gasteiger partial charge is 0.269 e. The van der Waals surface area contributed by atoms with Gasteiger partial charge >= 0.3 is 0 Å². The van der Waals surface area contributed by atoms with Crippen molar-refractivity contribution in [3.63, 3.8) is 0 Å². The molecule has 0 unspecified atom stereocenters. The van der Waals surface area contributed by atoms with Crippen LogP contribution in [0.5, 0.6) is 0 Å². The van der Waals surface area contributed by atoms with E-state index in [1.165, 1.54) is 31.9 Å². The molecule has 1 fully saturated rings. The van der Waals surface area contributed by atoms with Crippen molar-refractivity contribution in [1.82, 2.24) is 10.3 Å². The molecule has 4 heteroatoms. The predicted molar refractivity (Wildman–Crippen MR) is 62.9 cm³/mol. The number of hydrogen-bond donors (Lipinski definition) is 2. The first-order chi connectivity index (χ1) is 7.75. The molecule has 86 valence electrons. The number of pyridine rings is 1. The Hall–Kier alpha value is -1.58. The average molecular weight is 219 g/mol. The van der Waals surface area contributed by atoms with E-state index in [-0.39, 0.29) is 5.91 Å². The number of amides is 1. The molecule has 2 rings (SSSR count). The fourth-order valence-corrected chi connectivity index (χ4v) is 2.08. The predicted octanol–water partition coefficient (Wildman–Crippen LogP) is 1.58. The van der Waals surface area contributed by atoms with Crippen molar-refractivity contribution in [2.75, 3.05) is 12.3 Å². The fourth-order valence-electron chi connectivity index (χ4n) is 2.08. The summed E-state index contributed by atoms with van der Waals surface area (Å²) in [6.45, 7) is 0.769. The standard InChI is InChI=1S/C12H17N3O/c13-10-5-6-11(14-8-10)12(16)15-7-9-3-1-2-4-9/h5-6,8-9H,1-4,7,13H2,(H,15,16). The van der Waals surface area contributed by atoms with Gasteiger partial charge in [-0.25, -0.2) is 4.98 Å². The Labute approximate surface area is 95.3 Å². The number of nitrogens with one attached hydrogen (secondary N) is 1. The van der Waals surface area contributed by atoms with Crippen LogP contribution in [0.2, 0.25) is 0 Å². The second-order valence-electron chi connectivity index (χ2n) is 4.34. The van der Waals surface area contributed by atoms with E-state index >= 15 is 0 Å². The molecule has 1 saturated carbocycles. The van der Waals surface area contributed by atoms with Gasteiger partial charge in [-0.05, 0) is 30.9 Å². The summed E-state index contributed by atoms with van der Waals surface area (Å²) >= 11 is 0. The van der Waals surface area contributed by atoms with Crippen molar-refractivity contribution in [3.8, 4) is 0 Å². The van der Waals surface area contributed by atoms with Gasteiger partial charge in [0.05, 0.1) is 11.9 Å². The van der Waals surface area contributed by atoms with E-state index in [4.69, 9.17) is 5.73 Å². The zero-order chi connectivity index (χ0) is 11.4. The molecule has 0 radical (unpaired) electrons. The van der Waals surface area contributed by atoms with Crippen molar-refractivity contribution in [2.24, 2.45) is 5.92 Å². The van der Waals surface area contributed by atoms with Gasteiger partial charge in [-0.15, -0.1) is 0 Å². The summed E-state index contributed by atoms with van der Waals surface area (Å²) in [5.74, 6) is 0.546. The highest BCUT2D eigenvalue weighted by atomic mass is 16.1. The van der Waals surface area contributed by atoms with Gasteiger partial charge in [0, 0.05) is 6.54 Å². The molecule has 0 atom stereocenters. The van der Waals surface area contributed by atoms with Gasteiger partial charge in [-0.3, -0.25) is 4.79 Å². The highest BCUT2D eigenvalue weighted by Crippen LogP contribution is 2.23. The number of carbonyl (C=O) groups excluding carboxylic acids is 1. The van der Waals surface area contributed by atoms with E-state index in [1.54, 1.807) is 12.1 Å². The molecule has 1 amide bonds. The van der Waals surface area contributed by atoms with Crippen LogP contribution in [0.1, 0.15) is 36.2 Å². The van der Waals surface area contributed by atoms with Gasteiger partial charge in [0.1, 0.15) is 5.69 Å². The Morgan fingerprint density at radius 1 is 1.44 bits per heavy atom. The first-order valence-electron chi connectivity index (χ1n) is 5.75. The van der Waals surface area contributed by atoms with Gasteiger partial charge in [-0.1, -0.05) is 12.8 Å². The Morgan fingerprint density at radius 2 is 2.19 bits per heavy atom. The molecule has 0 aliphatic heterocycles. The van der Waals surface area contributed by atoms with Crippen molar-refractivity contribution in [2.45, 2.75) is 25.7 Å². The average Bonchev–Trinajstić information content (AvgIpc) is 2.80. The number of anilines is 1. The third kappa shape index (κ3) is 2.72. The quantitative estimate of drug-likeness (QED) is 0.811. The van der Waals surface area contributed by atoms with Gasteiger partial charge in [0.15, 0.2) is 0 Å². The minimum atomic E-state index is -0.105. The molecule has 0 saturated heterocycles. The van der Waals surface area contributed by atoms with Crippen molar-refractivity contribution < 1.29 is 4.79 Å². The molecular weight excluding hydrogens is 202 g/mol. The summed E-state index contributed by atoms with van der Waals surface area (Å²) in [6.07, 6.45) is 6.55. The molecular formula is C12H17N3O. The van der Waals surface area contributed by atoms with Crippen LogP contribution >= 0.6 is 0 Å². The summed E-state index contributed by atoms with van der Waals surface area (Å²) in [5.41, 5.74) is 6.52. The highest BCUT2D eigenvalue weighted by molar-refractivity contribution is 5.92. The molecule has 1 heterocycles.